The molecule has 1 fully saturated rings. The quantitative estimate of drug-likeness (QED) is 0.683. The van der Waals surface area contributed by atoms with Gasteiger partial charge < -0.3 is 13.8 Å². The first-order chi connectivity index (χ1) is 12.2. The van der Waals surface area contributed by atoms with Gasteiger partial charge in [0.05, 0.1) is 12.8 Å². The van der Waals surface area contributed by atoms with Gasteiger partial charge >= 0.3 is 0 Å². The fraction of sp³-hybridized carbons (Fsp3) is 0.316. The van der Waals surface area contributed by atoms with Crippen LogP contribution >= 0.6 is 0 Å². The SMILES string of the molecule is CCN(Cc1noc(C2CC2)n1)C(=O)c1ccc(-c2ccco2)cc1. The number of rotatable bonds is 6. The molecule has 4 rings (SSSR count). The second kappa shape index (κ2) is 6.55. The largest absolute Gasteiger partial charge is 0.464 e. The minimum absolute atomic E-state index is 0.0498. The maximum Gasteiger partial charge on any atom is 0.254 e. The van der Waals surface area contributed by atoms with Crippen molar-refractivity contribution < 1.29 is 13.7 Å². The Morgan fingerprint density at radius 2 is 2.04 bits per heavy atom. The highest BCUT2D eigenvalue weighted by atomic mass is 16.5. The Bertz CT molecular complexity index is 848. The molecule has 1 aliphatic carbocycles. The van der Waals surface area contributed by atoms with Crippen molar-refractivity contribution in [3.8, 4) is 11.3 Å². The smallest absolute Gasteiger partial charge is 0.254 e. The van der Waals surface area contributed by atoms with Gasteiger partial charge in [-0.05, 0) is 44.0 Å². The van der Waals surface area contributed by atoms with E-state index in [0.717, 1.165) is 24.2 Å². The van der Waals surface area contributed by atoms with Gasteiger partial charge in [0.15, 0.2) is 5.82 Å². The molecule has 1 aliphatic rings. The van der Waals surface area contributed by atoms with E-state index < -0.39 is 0 Å². The van der Waals surface area contributed by atoms with E-state index in [0.29, 0.717) is 36.3 Å². The van der Waals surface area contributed by atoms with Crippen LogP contribution in [0.2, 0.25) is 0 Å². The summed E-state index contributed by atoms with van der Waals surface area (Å²) in [6.45, 7) is 2.87. The van der Waals surface area contributed by atoms with E-state index in [1.807, 2.05) is 43.3 Å². The van der Waals surface area contributed by atoms with Crippen LogP contribution in [0.25, 0.3) is 11.3 Å². The van der Waals surface area contributed by atoms with Crippen LogP contribution in [0.5, 0.6) is 0 Å². The first-order valence-corrected chi connectivity index (χ1v) is 8.50. The number of amides is 1. The molecule has 0 N–H and O–H groups in total. The molecule has 0 radical (unpaired) electrons. The van der Waals surface area contributed by atoms with Gasteiger partial charge in [-0.25, -0.2) is 0 Å². The van der Waals surface area contributed by atoms with Crippen LogP contribution < -0.4 is 0 Å². The number of carbonyl (C=O) groups is 1. The van der Waals surface area contributed by atoms with Gasteiger partial charge in [-0.15, -0.1) is 0 Å². The van der Waals surface area contributed by atoms with E-state index in [1.165, 1.54) is 0 Å². The van der Waals surface area contributed by atoms with Crippen LogP contribution in [0, 0.1) is 0 Å². The van der Waals surface area contributed by atoms with Crippen LogP contribution in [0.15, 0.2) is 51.6 Å². The van der Waals surface area contributed by atoms with Crippen LogP contribution in [0.3, 0.4) is 0 Å². The molecule has 2 heterocycles. The predicted octanol–water partition coefficient (Wildman–Crippen LogP) is 3.87. The maximum absolute atomic E-state index is 12.7. The number of furan rings is 1. The third-order valence-electron chi connectivity index (χ3n) is 4.35. The molecule has 0 spiro atoms. The van der Waals surface area contributed by atoms with Gasteiger partial charge in [0.25, 0.3) is 5.91 Å². The van der Waals surface area contributed by atoms with Crippen LogP contribution in [0.1, 0.15) is 47.8 Å². The average molecular weight is 337 g/mol. The molecule has 6 heteroatoms. The summed E-state index contributed by atoms with van der Waals surface area (Å²) in [7, 11) is 0. The number of benzene rings is 1. The van der Waals surface area contributed by atoms with E-state index in [9.17, 15) is 4.79 Å². The molecule has 1 saturated carbocycles. The Labute approximate surface area is 145 Å². The molecular formula is C19H19N3O3. The zero-order valence-corrected chi connectivity index (χ0v) is 14.0. The molecule has 0 atom stereocenters. The lowest BCUT2D eigenvalue weighted by atomic mass is 10.1. The summed E-state index contributed by atoms with van der Waals surface area (Å²) in [5, 5.41) is 4.00. The number of hydrogen-bond acceptors (Lipinski definition) is 5. The van der Waals surface area contributed by atoms with Crippen molar-refractivity contribution in [2.24, 2.45) is 0 Å². The molecule has 0 unspecified atom stereocenters. The monoisotopic (exact) mass is 337 g/mol. The van der Waals surface area contributed by atoms with Gasteiger partial charge in [-0.3, -0.25) is 4.79 Å². The molecule has 2 aromatic heterocycles. The number of hydrogen-bond donors (Lipinski definition) is 0. The topological polar surface area (TPSA) is 72.4 Å². The second-order valence-electron chi connectivity index (χ2n) is 6.20. The van der Waals surface area contributed by atoms with Crippen molar-refractivity contribution in [2.45, 2.75) is 32.2 Å². The van der Waals surface area contributed by atoms with Crippen molar-refractivity contribution in [2.75, 3.05) is 6.54 Å². The van der Waals surface area contributed by atoms with Crippen molar-refractivity contribution in [3.05, 3.63) is 59.9 Å². The summed E-state index contributed by atoms with van der Waals surface area (Å²) in [6.07, 6.45) is 3.86. The molecule has 128 valence electrons. The maximum atomic E-state index is 12.7. The van der Waals surface area contributed by atoms with Gasteiger partial charge in [-0.1, -0.05) is 17.3 Å². The minimum atomic E-state index is -0.0498. The standard InChI is InChI=1S/C19H19N3O3/c1-2-22(12-17-20-18(25-21-17)14-7-8-14)19(23)15-9-5-13(6-10-15)16-4-3-11-24-16/h3-6,9-11,14H,2,7-8,12H2,1H3. The summed E-state index contributed by atoms with van der Waals surface area (Å²) < 4.78 is 10.6. The van der Waals surface area contributed by atoms with Gasteiger partial charge in [0, 0.05) is 23.6 Å². The normalized spacial score (nSPS) is 13.8. The first-order valence-electron chi connectivity index (χ1n) is 8.50. The number of aromatic nitrogens is 2. The summed E-state index contributed by atoms with van der Waals surface area (Å²) in [6, 6.07) is 11.1. The number of nitrogens with zero attached hydrogens (tertiary/aromatic N) is 3. The summed E-state index contributed by atoms with van der Waals surface area (Å²) >= 11 is 0. The third-order valence-corrected chi connectivity index (χ3v) is 4.35. The van der Waals surface area contributed by atoms with E-state index >= 15 is 0 Å². The predicted molar refractivity (Wildman–Crippen MR) is 90.8 cm³/mol. The Balaban J connectivity index is 1.47. The fourth-order valence-electron chi connectivity index (χ4n) is 2.73. The summed E-state index contributed by atoms with van der Waals surface area (Å²) in [4.78, 5) is 18.9. The minimum Gasteiger partial charge on any atom is -0.464 e. The molecule has 25 heavy (non-hydrogen) atoms. The lowest BCUT2D eigenvalue weighted by Crippen LogP contribution is -2.30. The molecular weight excluding hydrogens is 318 g/mol. The van der Waals surface area contributed by atoms with E-state index in [-0.39, 0.29) is 5.91 Å². The molecule has 6 nitrogen and oxygen atoms in total. The molecule has 0 bridgehead atoms. The Morgan fingerprint density at radius 3 is 2.68 bits per heavy atom. The summed E-state index contributed by atoms with van der Waals surface area (Å²) in [5.74, 6) is 2.41. The highest BCUT2D eigenvalue weighted by molar-refractivity contribution is 5.94. The van der Waals surface area contributed by atoms with Crippen molar-refractivity contribution in [1.82, 2.24) is 15.0 Å². The highest BCUT2D eigenvalue weighted by Crippen LogP contribution is 2.38. The zero-order valence-electron chi connectivity index (χ0n) is 14.0. The Kier molecular flexibility index (Phi) is 4.09. The van der Waals surface area contributed by atoms with Gasteiger partial charge in [-0.2, -0.15) is 4.98 Å². The Hall–Kier alpha value is -2.89. The van der Waals surface area contributed by atoms with Gasteiger partial charge in [0.1, 0.15) is 5.76 Å². The number of carbonyl (C=O) groups excluding carboxylic acids is 1. The van der Waals surface area contributed by atoms with Crippen molar-refractivity contribution >= 4 is 5.91 Å². The fourth-order valence-corrected chi connectivity index (χ4v) is 2.73. The van der Waals surface area contributed by atoms with Gasteiger partial charge in [0.2, 0.25) is 5.89 Å². The summed E-state index contributed by atoms with van der Waals surface area (Å²) in [5.41, 5.74) is 1.57. The average Bonchev–Trinajstić information content (AvgIpc) is 3.16. The Morgan fingerprint density at radius 1 is 1.24 bits per heavy atom. The first kappa shape index (κ1) is 15.6. The van der Waals surface area contributed by atoms with Crippen LogP contribution in [-0.4, -0.2) is 27.5 Å². The molecule has 1 aromatic carbocycles. The molecule has 0 saturated heterocycles. The molecule has 3 aromatic rings. The third kappa shape index (κ3) is 3.33. The lowest BCUT2D eigenvalue weighted by molar-refractivity contribution is 0.0747. The zero-order chi connectivity index (χ0) is 17.2. The van der Waals surface area contributed by atoms with E-state index in [2.05, 4.69) is 10.1 Å². The highest BCUT2D eigenvalue weighted by Gasteiger charge is 2.30. The molecule has 1 amide bonds. The van der Waals surface area contributed by atoms with Crippen molar-refractivity contribution in [1.29, 1.82) is 0 Å². The van der Waals surface area contributed by atoms with E-state index in [1.54, 1.807) is 11.2 Å². The van der Waals surface area contributed by atoms with Crippen LogP contribution in [-0.2, 0) is 6.54 Å². The molecule has 0 aliphatic heterocycles. The lowest BCUT2D eigenvalue weighted by Gasteiger charge is -2.19. The second-order valence-corrected chi connectivity index (χ2v) is 6.20. The van der Waals surface area contributed by atoms with Crippen LogP contribution in [0.4, 0.5) is 0 Å². The van der Waals surface area contributed by atoms with E-state index in [4.69, 9.17) is 8.94 Å². The van der Waals surface area contributed by atoms with Crippen molar-refractivity contribution in [3.63, 3.8) is 0 Å².